The van der Waals surface area contributed by atoms with Gasteiger partial charge in [0.05, 0.1) is 6.61 Å². The lowest BCUT2D eigenvalue weighted by Gasteiger charge is -2.27. The van der Waals surface area contributed by atoms with Gasteiger partial charge in [0, 0.05) is 19.6 Å². The Bertz CT molecular complexity index is 220. The molecule has 3 N–H and O–H groups in total. The van der Waals surface area contributed by atoms with Crippen molar-refractivity contribution in [2.45, 2.75) is 6.42 Å². The second-order valence-corrected chi connectivity index (χ2v) is 3.09. The van der Waals surface area contributed by atoms with E-state index < -0.39 is 5.91 Å². The monoisotopic (exact) mass is 201 g/mol. The summed E-state index contributed by atoms with van der Waals surface area (Å²) in [4.78, 5) is 23.2. The van der Waals surface area contributed by atoms with Gasteiger partial charge in [-0.05, 0) is 6.42 Å². The molecule has 0 unspecified atom stereocenters. The van der Waals surface area contributed by atoms with Crippen LogP contribution in [0.3, 0.4) is 0 Å². The van der Waals surface area contributed by atoms with E-state index in [-0.39, 0.29) is 12.6 Å². The van der Waals surface area contributed by atoms with Crippen LogP contribution in [0, 0.1) is 0 Å². The molecule has 3 amide bonds. The molecule has 1 heterocycles. The zero-order valence-corrected chi connectivity index (χ0v) is 7.99. The normalized spacial score (nSPS) is 16.6. The Morgan fingerprint density at radius 3 is 3.07 bits per heavy atom. The number of rotatable bonds is 5. The highest BCUT2D eigenvalue weighted by Crippen LogP contribution is 1.98. The molecule has 14 heavy (non-hydrogen) atoms. The van der Waals surface area contributed by atoms with Crippen LogP contribution in [-0.2, 0) is 9.53 Å². The van der Waals surface area contributed by atoms with Crippen LogP contribution < -0.4 is 11.1 Å². The molecule has 0 aromatic heterocycles. The van der Waals surface area contributed by atoms with Crippen LogP contribution in [0.5, 0.6) is 0 Å². The smallest absolute Gasteiger partial charge is 0.317 e. The second-order valence-electron chi connectivity index (χ2n) is 3.09. The minimum atomic E-state index is -0.493. The number of hydrogen-bond acceptors (Lipinski definition) is 3. The predicted octanol–water partition coefficient (Wildman–Crippen LogP) is -1.10. The van der Waals surface area contributed by atoms with E-state index in [4.69, 9.17) is 10.5 Å². The average Bonchev–Trinajstić information content (AvgIpc) is 2.15. The summed E-state index contributed by atoms with van der Waals surface area (Å²) >= 11 is 0. The molecule has 0 radical (unpaired) electrons. The van der Waals surface area contributed by atoms with Gasteiger partial charge in [0.1, 0.15) is 6.61 Å². The Kier molecular flexibility index (Phi) is 4.18. The zero-order chi connectivity index (χ0) is 10.4. The standard InChI is InChI=1S/C8H15N3O3/c9-7(12)6-14-5-4-11-3-1-2-10-8(11)13/h1-6H2,(H2,9,12)(H,10,13). The Hall–Kier alpha value is -1.30. The molecule has 0 bridgehead atoms. The minimum Gasteiger partial charge on any atom is -0.370 e. The molecule has 0 aliphatic carbocycles. The van der Waals surface area contributed by atoms with E-state index in [2.05, 4.69) is 5.32 Å². The molecule has 1 aliphatic rings. The van der Waals surface area contributed by atoms with Gasteiger partial charge in [-0.3, -0.25) is 4.79 Å². The van der Waals surface area contributed by atoms with Crippen LogP contribution in [0.4, 0.5) is 4.79 Å². The van der Waals surface area contributed by atoms with Gasteiger partial charge in [0.15, 0.2) is 0 Å². The van der Waals surface area contributed by atoms with Crippen molar-refractivity contribution in [2.24, 2.45) is 5.73 Å². The van der Waals surface area contributed by atoms with Crippen molar-refractivity contribution < 1.29 is 14.3 Å². The number of carbonyl (C=O) groups is 2. The first-order valence-corrected chi connectivity index (χ1v) is 4.59. The molecule has 1 fully saturated rings. The van der Waals surface area contributed by atoms with Gasteiger partial charge in [0.2, 0.25) is 5.91 Å². The van der Waals surface area contributed by atoms with Gasteiger partial charge in [-0.1, -0.05) is 0 Å². The van der Waals surface area contributed by atoms with E-state index in [1.54, 1.807) is 4.90 Å². The molecule has 1 saturated heterocycles. The molecule has 0 atom stereocenters. The van der Waals surface area contributed by atoms with E-state index in [9.17, 15) is 9.59 Å². The van der Waals surface area contributed by atoms with Gasteiger partial charge < -0.3 is 20.7 Å². The molecule has 6 nitrogen and oxygen atoms in total. The van der Waals surface area contributed by atoms with E-state index in [1.807, 2.05) is 0 Å². The van der Waals surface area contributed by atoms with Crippen molar-refractivity contribution in [3.05, 3.63) is 0 Å². The lowest BCUT2D eigenvalue weighted by molar-refractivity contribution is -0.122. The molecule has 80 valence electrons. The summed E-state index contributed by atoms with van der Waals surface area (Å²) in [7, 11) is 0. The number of nitrogens with one attached hydrogen (secondary N) is 1. The average molecular weight is 201 g/mol. The fourth-order valence-electron chi connectivity index (χ4n) is 1.24. The Morgan fingerprint density at radius 2 is 2.43 bits per heavy atom. The van der Waals surface area contributed by atoms with Gasteiger partial charge in [-0.2, -0.15) is 0 Å². The van der Waals surface area contributed by atoms with Crippen molar-refractivity contribution in [3.8, 4) is 0 Å². The fraction of sp³-hybridized carbons (Fsp3) is 0.750. The van der Waals surface area contributed by atoms with E-state index >= 15 is 0 Å². The number of urea groups is 1. The summed E-state index contributed by atoms with van der Waals surface area (Å²) < 4.78 is 4.95. The molecule has 1 rings (SSSR count). The summed E-state index contributed by atoms with van der Waals surface area (Å²) in [6.45, 7) is 2.23. The van der Waals surface area contributed by atoms with E-state index in [0.717, 1.165) is 19.5 Å². The third-order valence-corrected chi connectivity index (χ3v) is 1.92. The van der Waals surface area contributed by atoms with Crippen molar-refractivity contribution >= 4 is 11.9 Å². The van der Waals surface area contributed by atoms with Gasteiger partial charge in [-0.15, -0.1) is 0 Å². The summed E-state index contributed by atoms with van der Waals surface area (Å²) in [5.41, 5.74) is 4.88. The Morgan fingerprint density at radius 1 is 1.64 bits per heavy atom. The molecule has 6 heteroatoms. The number of ether oxygens (including phenoxy) is 1. The summed E-state index contributed by atoms with van der Waals surface area (Å²) in [5, 5.41) is 2.72. The third-order valence-electron chi connectivity index (χ3n) is 1.92. The van der Waals surface area contributed by atoms with Crippen LogP contribution in [-0.4, -0.2) is 49.7 Å². The molecule has 0 aromatic rings. The highest BCUT2D eigenvalue weighted by molar-refractivity contribution is 5.75. The fourth-order valence-corrected chi connectivity index (χ4v) is 1.24. The highest BCUT2D eigenvalue weighted by Gasteiger charge is 2.16. The van der Waals surface area contributed by atoms with Crippen LogP contribution in [0.25, 0.3) is 0 Å². The maximum absolute atomic E-state index is 11.2. The quantitative estimate of drug-likeness (QED) is 0.554. The molecular formula is C8H15N3O3. The van der Waals surface area contributed by atoms with Gasteiger partial charge >= 0.3 is 6.03 Å². The van der Waals surface area contributed by atoms with Crippen LogP contribution in [0.2, 0.25) is 0 Å². The van der Waals surface area contributed by atoms with Crippen molar-refractivity contribution in [1.29, 1.82) is 0 Å². The van der Waals surface area contributed by atoms with Crippen LogP contribution in [0.15, 0.2) is 0 Å². The van der Waals surface area contributed by atoms with Crippen molar-refractivity contribution in [2.75, 3.05) is 32.8 Å². The number of hydrogen-bond donors (Lipinski definition) is 2. The largest absolute Gasteiger partial charge is 0.370 e. The summed E-state index contributed by atoms with van der Waals surface area (Å²) in [6.07, 6.45) is 0.946. The molecule has 0 aromatic carbocycles. The first-order valence-electron chi connectivity index (χ1n) is 4.59. The minimum absolute atomic E-state index is 0.0704. The number of nitrogens with zero attached hydrogens (tertiary/aromatic N) is 1. The topological polar surface area (TPSA) is 84.7 Å². The number of primary amides is 1. The predicted molar refractivity (Wildman–Crippen MR) is 49.6 cm³/mol. The van der Waals surface area contributed by atoms with Gasteiger partial charge in [0.25, 0.3) is 0 Å². The van der Waals surface area contributed by atoms with Crippen LogP contribution in [0.1, 0.15) is 6.42 Å². The maximum Gasteiger partial charge on any atom is 0.317 e. The van der Waals surface area contributed by atoms with E-state index in [1.165, 1.54) is 0 Å². The van der Waals surface area contributed by atoms with E-state index in [0.29, 0.717) is 13.2 Å². The van der Waals surface area contributed by atoms with Crippen LogP contribution >= 0.6 is 0 Å². The lowest BCUT2D eigenvalue weighted by atomic mass is 10.3. The third kappa shape index (κ3) is 3.61. The number of carbonyl (C=O) groups excluding carboxylic acids is 2. The number of amides is 3. The lowest BCUT2D eigenvalue weighted by Crippen LogP contribution is -2.47. The maximum atomic E-state index is 11.2. The Balaban J connectivity index is 2.10. The molecule has 1 aliphatic heterocycles. The zero-order valence-electron chi connectivity index (χ0n) is 7.99. The van der Waals surface area contributed by atoms with Crippen molar-refractivity contribution in [1.82, 2.24) is 10.2 Å². The Labute approximate surface area is 82.4 Å². The SMILES string of the molecule is NC(=O)COCCN1CCCNC1=O. The highest BCUT2D eigenvalue weighted by atomic mass is 16.5. The molecule has 0 saturated carbocycles. The molecular weight excluding hydrogens is 186 g/mol. The summed E-state index contributed by atoms with van der Waals surface area (Å²) in [6, 6.07) is -0.0704. The second kappa shape index (κ2) is 5.43. The molecule has 0 spiro atoms. The first-order chi connectivity index (χ1) is 6.70. The van der Waals surface area contributed by atoms with Crippen molar-refractivity contribution in [3.63, 3.8) is 0 Å². The first kappa shape index (κ1) is 10.8. The van der Waals surface area contributed by atoms with Gasteiger partial charge in [-0.25, -0.2) is 4.79 Å². The number of nitrogens with two attached hydrogens (primary N) is 1. The summed E-state index contributed by atoms with van der Waals surface area (Å²) in [5.74, 6) is -0.493.